The SMILES string of the molecule is Cc1ccc(CC(C)NC(=O)C[C@@H]2CCC[C@H]2N)s1. The highest BCUT2D eigenvalue weighted by Crippen LogP contribution is 2.26. The van der Waals surface area contributed by atoms with Crippen LogP contribution in [0.2, 0.25) is 0 Å². The lowest BCUT2D eigenvalue weighted by molar-refractivity contribution is -0.122. The second-order valence-corrected chi connectivity index (χ2v) is 7.12. The van der Waals surface area contributed by atoms with Gasteiger partial charge in [-0.1, -0.05) is 6.42 Å². The number of hydrogen-bond acceptors (Lipinski definition) is 3. The van der Waals surface area contributed by atoms with Crippen LogP contribution in [0.25, 0.3) is 0 Å². The molecule has 1 unspecified atom stereocenters. The van der Waals surface area contributed by atoms with E-state index in [-0.39, 0.29) is 18.0 Å². The molecular weight excluding hydrogens is 256 g/mol. The van der Waals surface area contributed by atoms with Crippen LogP contribution in [0, 0.1) is 12.8 Å². The summed E-state index contributed by atoms with van der Waals surface area (Å²) in [5.74, 6) is 0.541. The molecule has 1 aromatic heterocycles. The molecule has 1 heterocycles. The zero-order valence-electron chi connectivity index (χ0n) is 11.8. The van der Waals surface area contributed by atoms with Gasteiger partial charge in [0.2, 0.25) is 5.91 Å². The van der Waals surface area contributed by atoms with Gasteiger partial charge in [0, 0.05) is 34.7 Å². The van der Waals surface area contributed by atoms with Gasteiger partial charge in [0.15, 0.2) is 0 Å². The van der Waals surface area contributed by atoms with E-state index in [1.807, 2.05) is 0 Å². The topological polar surface area (TPSA) is 55.1 Å². The number of hydrogen-bond donors (Lipinski definition) is 2. The highest BCUT2D eigenvalue weighted by molar-refractivity contribution is 7.11. The molecule has 1 aliphatic rings. The van der Waals surface area contributed by atoms with Crippen molar-refractivity contribution in [2.45, 2.75) is 58.0 Å². The van der Waals surface area contributed by atoms with Gasteiger partial charge in [0.05, 0.1) is 0 Å². The summed E-state index contributed by atoms with van der Waals surface area (Å²) < 4.78 is 0. The van der Waals surface area contributed by atoms with Gasteiger partial charge in [-0.15, -0.1) is 11.3 Å². The van der Waals surface area contributed by atoms with E-state index in [1.54, 1.807) is 11.3 Å². The molecule has 3 N–H and O–H groups in total. The highest BCUT2D eigenvalue weighted by atomic mass is 32.1. The number of carbonyl (C=O) groups excluding carboxylic acids is 1. The molecule has 1 aliphatic carbocycles. The molecule has 19 heavy (non-hydrogen) atoms. The van der Waals surface area contributed by atoms with Gasteiger partial charge in [-0.2, -0.15) is 0 Å². The van der Waals surface area contributed by atoms with E-state index in [9.17, 15) is 4.79 Å². The van der Waals surface area contributed by atoms with Gasteiger partial charge >= 0.3 is 0 Å². The minimum absolute atomic E-state index is 0.156. The summed E-state index contributed by atoms with van der Waals surface area (Å²) in [6.45, 7) is 4.18. The van der Waals surface area contributed by atoms with E-state index in [2.05, 4.69) is 31.3 Å². The molecule has 106 valence electrons. The number of nitrogens with one attached hydrogen (secondary N) is 1. The summed E-state index contributed by atoms with van der Waals surface area (Å²) in [4.78, 5) is 14.6. The van der Waals surface area contributed by atoms with Gasteiger partial charge in [-0.25, -0.2) is 0 Å². The number of aryl methyl sites for hydroxylation is 1. The minimum Gasteiger partial charge on any atom is -0.353 e. The molecule has 1 aromatic rings. The Morgan fingerprint density at radius 2 is 2.32 bits per heavy atom. The second-order valence-electron chi connectivity index (χ2n) is 5.74. The quantitative estimate of drug-likeness (QED) is 0.871. The maximum Gasteiger partial charge on any atom is 0.220 e. The fourth-order valence-corrected chi connectivity index (χ4v) is 3.86. The predicted molar refractivity (Wildman–Crippen MR) is 80.3 cm³/mol. The largest absolute Gasteiger partial charge is 0.353 e. The Morgan fingerprint density at radius 3 is 2.89 bits per heavy atom. The Balaban J connectivity index is 1.75. The van der Waals surface area contributed by atoms with Crippen molar-refractivity contribution in [2.24, 2.45) is 11.7 Å². The van der Waals surface area contributed by atoms with Crippen molar-refractivity contribution < 1.29 is 4.79 Å². The lowest BCUT2D eigenvalue weighted by atomic mass is 9.99. The Kier molecular flexibility index (Phi) is 4.99. The minimum atomic E-state index is 0.156. The summed E-state index contributed by atoms with van der Waals surface area (Å²) in [5.41, 5.74) is 6.01. The smallest absolute Gasteiger partial charge is 0.220 e. The number of nitrogens with two attached hydrogens (primary N) is 1. The monoisotopic (exact) mass is 280 g/mol. The van der Waals surface area contributed by atoms with Crippen LogP contribution >= 0.6 is 11.3 Å². The first kappa shape index (κ1) is 14.5. The Bertz CT molecular complexity index is 430. The molecule has 0 aromatic carbocycles. The van der Waals surface area contributed by atoms with Gasteiger partial charge in [-0.3, -0.25) is 4.79 Å². The zero-order chi connectivity index (χ0) is 13.8. The lowest BCUT2D eigenvalue weighted by Crippen LogP contribution is -2.37. The molecule has 4 heteroatoms. The van der Waals surface area contributed by atoms with Crippen LogP contribution in [-0.2, 0) is 11.2 Å². The fraction of sp³-hybridized carbons (Fsp3) is 0.667. The molecule has 0 bridgehead atoms. The molecule has 0 saturated heterocycles. The van der Waals surface area contributed by atoms with Crippen LogP contribution in [0.4, 0.5) is 0 Å². The van der Waals surface area contributed by atoms with Crippen LogP contribution in [0.5, 0.6) is 0 Å². The number of rotatable bonds is 5. The summed E-state index contributed by atoms with van der Waals surface area (Å²) >= 11 is 1.81. The second kappa shape index (κ2) is 6.53. The number of thiophene rings is 1. The van der Waals surface area contributed by atoms with E-state index in [1.165, 1.54) is 16.2 Å². The van der Waals surface area contributed by atoms with Crippen LogP contribution in [-0.4, -0.2) is 18.0 Å². The predicted octanol–water partition coefficient (Wildman–Crippen LogP) is 2.62. The molecule has 1 fully saturated rings. The maximum absolute atomic E-state index is 12.0. The van der Waals surface area contributed by atoms with Gasteiger partial charge in [0.25, 0.3) is 0 Å². The van der Waals surface area contributed by atoms with Crippen molar-refractivity contribution in [1.29, 1.82) is 0 Å². The van der Waals surface area contributed by atoms with E-state index < -0.39 is 0 Å². The van der Waals surface area contributed by atoms with Crippen LogP contribution in [0.1, 0.15) is 42.4 Å². The third-order valence-corrected chi connectivity index (χ3v) is 4.90. The first-order chi connectivity index (χ1) is 9.04. The molecule has 0 radical (unpaired) electrons. The first-order valence-corrected chi connectivity index (χ1v) is 7.96. The Labute approximate surface area is 119 Å². The summed E-state index contributed by atoms with van der Waals surface area (Å²) in [5, 5.41) is 3.10. The number of amides is 1. The summed E-state index contributed by atoms with van der Waals surface area (Å²) in [6.07, 6.45) is 4.86. The molecular formula is C15H24N2OS. The average molecular weight is 280 g/mol. The Hall–Kier alpha value is -0.870. The van der Waals surface area contributed by atoms with Crippen molar-refractivity contribution in [1.82, 2.24) is 5.32 Å². The summed E-state index contributed by atoms with van der Waals surface area (Å²) in [6, 6.07) is 4.70. The molecule has 2 rings (SSSR count). The van der Waals surface area contributed by atoms with E-state index in [0.29, 0.717) is 12.3 Å². The maximum atomic E-state index is 12.0. The Morgan fingerprint density at radius 1 is 1.53 bits per heavy atom. The van der Waals surface area contributed by atoms with Crippen LogP contribution in [0.3, 0.4) is 0 Å². The van der Waals surface area contributed by atoms with E-state index >= 15 is 0 Å². The molecule has 1 amide bonds. The fourth-order valence-electron chi connectivity index (χ4n) is 2.84. The molecule has 0 spiro atoms. The van der Waals surface area contributed by atoms with Crippen molar-refractivity contribution in [3.05, 3.63) is 21.9 Å². The van der Waals surface area contributed by atoms with Crippen LogP contribution in [0.15, 0.2) is 12.1 Å². The molecule has 3 nitrogen and oxygen atoms in total. The molecule has 3 atom stereocenters. The average Bonchev–Trinajstić information content (AvgIpc) is 2.89. The lowest BCUT2D eigenvalue weighted by Gasteiger charge is -2.17. The molecule has 0 aliphatic heterocycles. The molecule has 1 saturated carbocycles. The standard InChI is InChI=1S/C15H24N2OS/c1-10(8-13-7-6-11(2)19-13)17-15(18)9-12-4-3-5-14(12)16/h6-7,10,12,14H,3-5,8-9,16H2,1-2H3,(H,17,18)/t10?,12-,14+/m0/s1. The third kappa shape index (κ3) is 4.32. The summed E-state index contributed by atoms with van der Waals surface area (Å²) in [7, 11) is 0. The van der Waals surface area contributed by atoms with Crippen LogP contribution < -0.4 is 11.1 Å². The van der Waals surface area contributed by atoms with Gasteiger partial charge < -0.3 is 11.1 Å². The first-order valence-electron chi connectivity index (χ1n) is 7.15. The van der Waals surface area contributed by atoms with Crippen molar-refractivity contribution in [3.63, 3.8) is 0 Å². The zero-order valence-corrected chi connectivity index (χ0v) is 12.6. The normalized spacial score (nSPS) is 24.4. The van der Waals surface area contributed by atoms with E-state index in [0.717, 1.165) is 19.3 Å². The van der Waals surface area contributed by atoms with Gasteiger partial charge in [-0.05, 0) is 44.7 Å². The number of carbonyl (C=O) groups is 1. The van der Waals surface area contributed by atoms with Crippen molar-refractivity contribution in [3.8, 4) is 0 Å². The van der Waals surface area contributed by atoms with Crippen molar-refractivity contribution in [2.75, 3.05) is 0 Å². The third-order valence-electron chi connectivity index (χ3n) is 3.88. The van der Waals surface area contributed by atoms with E-state index in [4.69, 9.17) is 5.73 Å². The van der Waals surface area contributed by atoms with Crippen molar-refractivity contribution >= 4 is 17.2 Å². The van der Waals surface area contributed by atoms with Gasteiger partial charge in [0.1, 0.15) is 0 Å². The highest BCUT2D eigenvalue weighted by Gasteiger charge is 2.26.